The number of nitrogen functional groups attached to an aromatic ring is 1. The average molecular weight is 338 g/mol. The number of nitrogens with two attached hydrogens (primary N) is 1. The molecular weight excluding hydrogens is 325 g/mol. The van der Waals surface area contributed by atoms with E-state index < -0.39 is 0 Å². The van der Waals surface area contributed by atoms with Crippen molar-refractivity contribution in [2.24, 2.45) is 7.05 Å². The second-order valence-corrected chi connectivity index (χ2v) is 6.57. The van der Waals surface area contributed by atoms with Gasteiger partial charge in [-0.2, -0.15) is 0 Å². The molecule has 0 aliphatic heterocycles. The zero-order valence-electron chi connectivity index (χ0n) is 11.9. The van der Waals surface area contributed by atoms with Crippen molar-refractivity contribution in [3.05, 3.63) is 41.2 Å². The Kier molecular flexibility index (Phi) is 3.92. The summed E-state index contributed by atoms with van der Waals surface area (Å²) in [5.41, 5.74) is 7.15. The molecule has 2 N–H and O–H groups in total. The minimum atomic E-state index is -0.262. The van der Waals surface area contributed by atoms with Gasteiger partial charge >= 0.3 is 0 Å². The van der Waals surface area contributed by atoms with Crippen LogP contribution in [0.15, 0.2) is 29.7 Å². The summed E-state index contributed by atoms with van der Waals surface area (Å²) in [5, 5.41) is 1.24. The van der Waals surface area contributed by atoms with E-state index in [1.165, 1.54) is 24.0 Å². The van der Waals surface area contributed by atoms with Gasteiger partial charge in [0.2, 0.25) is 0 Å². The Bertz CT molecular complexity index is 830. The zero-order valence-corrected chi connectivity index (χ0v) is 13.5. The van der Waals surface area contributed by atoms with Crippen LogP contribution in [0.3, 0.4) is 0 Å². The molecule has 0 saturated heterocycles. The standard InChI is InChI=1S/C14H13ClFN5S/c1-7(22-14-19-12(15)4-13(17)20-14)10-3-8-9(16)6-21(2)11(8)5-18-10/h3-7H,1-2H3,(H2,17,19,20). The van der Waals surface area contributed by atoms with Crippen molar-refractivity contribution in [1.82, 2.24) is 19.5 Å². The molecule has 114 valence electrons. The summed E-state index contributed by atoms with van der Waals surface area (Å²) in [7, 11) is 1.79. The van der Waals surface area contributed by atoms with Gasteiger partial charge in [0.15, 0.2) is 5.16 Å². The lowest BCUT2D eigenvalue weighted by atomic mass is 10.2. The summed E-state index contributed by atoms with van der Waals surface area (Å²) < 4.78 is 15.6. The molecule has 3 aromatic rings. The Labute approximate surface area is 135 Å². The van der Waals surface area contributed by atoms with Crippen molar-refractivity contribution in [1.29, 1.82) is 0 Å². The largest absolute Gasteiger partial charge is 0.384 e. The Hall–Kier alpha value is -1.86. The van der Waals surface area contributed by atoms with E-state index in [2.05, 4.69) is 15.0 Å². The Morgan fingerprint density at radius 2 is 2.14 bits per heavy atom. The van der Waals surface area contributed by atoms with Crippen LogP contribution < -0.4 is 5.73 Å². The summed E-state index contributed by atoms with van der Waals surface area (Å²) in [6, 6.07) is 3.23. The van der Waals surface area contributed by atoms with Crippen molar-refractivity contribution in [2.75, 3.05) is 5.73 Å². The Morgan fingerprint density at radius 1 is 1.36 bits per heavy atom. The number of thioether (sulfide) groups is 1. The molecule has 0 radical (unpaired) electrons. The van der Waals surface area contributed by atoms with Crippen LogP contribution in [-0.4, -0.2) is 19.5 Å². The van der Waals surface area contributed by atoms with Gasteiger partial charge in [-0.25, -0.2) is 14.4 Å². The number of rotatable bonds is 3. The van der Waals surface area contributed by atoms with Gasteiger partial charge in [-0.1, -0.05) is 23.4 Å². The highest BCUT2D eigenvalue weighted by molar-refractivity contribution is 7.99. The van der Waals surface area contributed by atoms with Crippen LogP contribution in [0.1, 0.15) is 17.9 Å². The van der Waals surface area contributed by atoms with Crippen LogP contribution in [0.2, 0.25) is 5.15 Å². The molecule has 1 atom stereocenters. The highest BCUT2D eigenvalue weighted by Gasteiger charge is 2.15. The van der Waals surface area contributed by atoms with Gasteiger partial charge < -0.3 is 10.3 Å². The second-order valence-electron chi connectivity index (χ2n) is 4.87. The first-order valence-electron chi connectivity index (χ1n) is 6.51. The molecule has 5 nitrogen and oxygen atoms in total. The quantitative estimate of drug-likeness (QED) is 0.449. The lowest BCUT2D eigenvalue weighted by Gasteiger charge is -2.10. The Morgan fingerprint density at radius 3 is 2.86 bits per heavy atom. The third-order valence-corrected chi connectivity index (χ3v) is 4.42. The molecule has 22 heavy (non-hydrogen) atoms. The van der Waals surface area contributed by atoms with Gasteiger partial charge in [-0.3, -0.25) is 4.98 Å². The number of aryl methyl sites for hydroxylation is 1. The molecule has 0 aliphatic carbocycles. The fourth-order valence-corrected chi connectivity index (χ4v) is 3.27. The third-order valence-electron chi connectivity index (χ3n) is 3.24. The fraction of sp³-hybridized carbons (Fsp3) is 0.214. The maximum atomic E-state index is 13.9. The van der Waals surface area contributed by atoms with Crippen molar-refractivity contribution >= 4 is 40.1 Å². The van der Waals surface area contributed by atoms with E-state index in [0.717, 1.165) is 11.2 Å². The van der Waals surface area contributed by atoms with Gasteiger partial charge in [-0.15, -0.1) is 0 Å². The normalized spacial score (nSPS) is 12.7. The number of hydrogen-bond acceptors (Lipinski definition) is 5. The van der Waals surface area contributed by atoms with Crippen LogP contribution in [0.4, 0.5) is 10.2 Å². The summed E-state index contributed by atoms with van der Waals surface area (Å²) in [6.45, 7) is 1.94. The SMILES string of the molecule is CC(Sc1nc(N)cc(Cl)n1)c1cc2c(F)cn(C)c2cn1. The molecule has 0 fully saturated rings. The van der Waals surface area contributed by atoms with Crippen molar-refractivity contribution in [3.63, 3.8) is 0 Å². The first kappa shape index (κ1) is 15.1. The fourth-order valence-electron chi connectivity index (χ4n) is 2.15. The van der Waals surface area contributed by atoms with E-state index in [0.29, 0.717) is 21.5 Å². The molecule has 0 amide bonds. The van der Waals surface area contributed by atoms with Crippen LogP contribution in [-0.2, 0) is 7.05 Å². The van der Waals surface area contributed by atoms with Crippen molar-refractivity contribution in [2.45, 2.75) is 17.3 Å². The summed E-state index contributed by atoms with van der Waals surface area (Å²) in [6.07, 6.45) is 3.10. The predicted octanol–water partition coefficient (Wildman–Crippen LogP) is 3.59. The molecule has 0 aromatic carbocycles. The lowest BCUT2D eigenvalue weighted by molar-refractivity contribution is 0.633. The molecule has 3 rings (SSSR count). The Balaban J connectivity index is 1.91. The van der Waals surface area contributed by atoms with E-state index in [-0.39, 0.29) is 11.1 Å². The minimum absolute atomic E-state index is 0.0677. The highest BCUT2D eigenvalue weighted by atomic mass is 35.5. The number of aromatic nitrogens is 4. The smallest absolute Gasteiger partial charge is 0.191 e. The number of nitrogens with zero attached hydrogens (tertiary/aromatic N) is 4. The summed E-state index contributed by atoms with van der Waals surface area (Å²) in [4.78, 5) is 12.6. The van der Waals surface area contributed by atoms with Gasteiger partial charge in [0.05, 0.1) is 22.7 Å². The lowest BCUT2D eigenvalue weighted by Crippen LogP contribution is -1.98. The average Bonchev–Trinajstić information content (AvgIpc) is 2.72. The number of hydrogen-bond donors (Lipinski definition) is 1. The van der Waals surface area contributed by atoms with Gasteiger partial charge in [0, 0.05) is 24.7 Å². The predicted molar refractivity (Wildman–Crippen MR) is 86.4 cm³/mol. The number of pyridine rings is 1. The van der Waals surface area contributed by atoms with E-state index in [4.69, 9.17) is 17.3 Å². The first-order chi connectivity index (χ1) is 10.4. The van der Waals surface area contributed by atoms with E-state index in [9.17, 15) is 4.39 Å². The molecule has 0 saturated carbocycles. The van der Waals surface area contributed by atoms with E-state index in [1.54, 1.807) is 23.9 Å². The molecule has 0 bridgehead atoms. The molecule has 8 heteroatoms. The minimum Gasteiger partial charge on any atom is -0.384 e. The number of fused-ring (bicyclic) bond motifs is 1. The van der Waals surface area contributed by atoms with Crippen LogP contribution in [0, 0.1) is 5.82 Å². The molecule has 0 aliphatic rings. The second kappa shape index (κ2) is 5.73. The molecule has 0 spiro atoms. The van der Waals surface area contributed by atoms with Gasteiger partial charge in [0.1, 0.15) is 16.8 Å². The molecule has 1 unspecified atom stereocenters. The van der Waals surface area contributed by atoms with E-state index >= 15 is 0 Å². The number of anilines is 1. The van der Waals surface area contributed by atoms with Crippen LogP contribution in [0.5, 0.6) is 0 Å². The highest BCUT2D eigenvalue weighted by Crippen LogP contribution is 2.34. The first-order valence-corrected chi connectivity index (χ1v) is 7.77. The van der Waals surface area contributed by atoms with Crippen molar-refractivity contribution in [3.8, 4) is 0 Å². The van der Waals surface area contributed by atoms with Crippen molar-refractivity contribution < 1.29 is 4.39 Å². The maximum absolute atomic E-state index is 13.9. The zero-order chi connectivity index (χ0) is 15.9. The topological polar surface area (TPSA) is 69.6 Å². The molecule has 3 heterocycles. The van der Waals surface area contributed by atoms with Gasteiger partial charge in [0.25, 0.3) is 0 Å². The number of halogens is 2. The van der Waals surface area contributed by atoms with Gasteiger partial charge in [-0.05, 0) is 13.0 Å². The monoisotopic (exact) mass is 337 g/mol. The summed E-state index contributed by atoms with van der Waals surface area (Å²) >= 11 is 7.24. The summed E-state index contributed by atoms with van der Waals surface area (Å²) in [5.74, 6) is 0.0498. The van der Waals surface area contributed by atoms with E-state index in [1.807, 2.05) is 6.92 Å². The third kappa shape index (κ3) is 2.86. The molecular formula is C14H13ClFN5S. The maximum Gasteiger partial charge on any atom is 0.191 e. The molecule has 3 aromatic heterocycles. The van der Waals surface area contributed by atoms with Crippen LogP contribution in [0.25, 0.3) is 10.9 Å². The van der Waals surface area contributed by atoms with Crippen LogP contribution >= 0.6 is 23.4 Å².